The third-order valence-corrected chi connectivity index (χ3v) is 16.9. The summed E-state index contributed by atoms with van der Waals surface area (Å²) < 4.78 is 22.0. The van der Waals surface area contributed by atoms with E-state index in [-0.39, 0.29) is 64.7 Å². The molecule has 0 unspecified atom stereocenters. The number of carbonyl (C=O) groups excluding carboxylic acids is 3. The van der Waals surface area contributed by atoms with Crippen molar-refractivity contribution in [3.05, 3.63) is 33.8 Å². The molecule has 5 fully saturated rings. The molecule has 1 saturated heterocycles. The Labute approximate surface area is 318 Å². The van der Waals surface area contributed by atoms with E-state index >= 15 is 4.79 Å². The first-order valence-electron chi connectivity index (χ1n) is 20.3. The Morgan fingerprint density at radius 3 is 2.31 bits per heavy atom. The Morgan fingerprint density at radius 2 is 1.65 bits per heavy atom. The molecule has 11 heteroatoms. The highest BCUT2D eigenvalue weighted by atomic mass is 16.6. The van der Waals surface area contributed by atoms with Crippen molar-refractivity contribution in [2.24, 2.45) is 50.2 Å². The van der Waals surface area contributed by atoms with Crippen LogP contribution in [0.3, 0.4) is 0 Å². The topological polar surface area (TPSA) is 154 Å². The number of carbonyl (C=O) groups is 4. The Balaban J connectivity index is 1.29. The van der Waals surface area contributed by atoms with Gasteiger partial charge in [0.1, 0.15) is 6.04 Å². The van der Waals surface area contributed by atoms with Gasteiger partial charge in [-0.1, -0.05) is 47.1 Å². The molecule has 6 aliphatic rings. The van der Waals surface area contributed by atoms with Crippen LogP contribution in [0.1, 0.15) is 143 Å². The Morgan fingerprint density at radius 1 is 0.944 bits per heavy atom. The second kappa shape index (κ2) is 12.9. The SMILES string of the molecule is COC(=O)[C@H]1CCCN1[C@H]1CC[C@@]2(C)[C@@H](CC[C@]3(C)[C@@H]2C(=O)C=C2[C@@H]4C[C@@](C)(C(=O)O)CC[C@]4(C)CC[C@]23C)[C@]1(C)C(=O)OCc1oc(=O)oc1C(C)C. The minimum atomic E-state index is -1.12. The van der Waals surface area contributed by atoms with Gasteiger partial charge in [0, 0.05) is 17.9 Å². The van der Waals surface area contributed by atoms with E-state index in [0.29, 0.717) is 50.8 Å². The van der Waals surface area contributed by atoms with E-state index in [1.54, 1.807) is 0 Å². The number of fused-ring (bicyclic) bond motifs is 7. The third kappa shape index (κ3) is 5.39. The number of esters is 2. The number of allylic oxidation sites excluding steroid dienone is 2. The van der Waals surface area contributed by atoms with Crippen LogP contribution in [0.5, 0.6) is 0 Å². The van der Waals surface area contributed by atoms with Crippen LogP contribution >= 0.6 is 0 Å². The van der Waals surface area contributed by atoms with Gasteiger partial charge in [0.2, 0.25) is 0 Å². The first kappa shape index (κ1) is 39.0. The van der Waals surface area contributed by atoms with Gasteiger partial charge in [0.25, 0.3) is 0 Å². The molecule has 298 valence electrons. The third-order valence-electron chi connectivity index (χ3n) is 16.9. The summed E-state index contributed by atoms with van der Waals surface area (Å²) in [5, 5.41) is 10.3. The lowest BCUT2D eigenvalue weighted by atomic mass is 9.33. The summed E-state index contributed by atoms with van der Waals surface area (Å²) in [4.78, 5) is 70.0. The number of hydrogen-bond acceptors (Lipinski definition) is 10. The molecule has 0 amide bonds. The highest BCUT2D eigenvalue weighted by Gasteiger charge is 2.72. The summed E-state index contributed by atoms with van der Waals surface area (Å²) >= 11 is 0. The summed E-state index contributed by atoms with van der Waals surface area (Å²) in [7, 11) is 1.40. The van der Waals surface area contributed by atoms with E-state index in [1.807, 2.05) is 33.8 Å². The average molecular weight is 752 g/mol. The van der Waals surface area contributed by atoms with E-state index < -0.39 is 45.5 Å². The molecule has 11 nitrogen and oxygen atoms in total. The molecule has 7 rings (SSSR count). The summed E-state index contributed by atoms with van der Waals surface area (Å²) in [6.07, 6.45) is 9.99. The van der Waals surface area contributed by atoms with Gasteiger partial charge in [-0.2, -0.15) is 0 Å². The van der Waals surface area contributed by atoms with Crippen molar-refractivity contribution >= 4 is 23.7 Å². The molecular formula is C43H61NO10. The largest absolute Gasteiger partial charge is 0.519 e. The van der Waals surface area contributed by atoms with Crippen LogP contribution in [0.25, 0.3) is 0 Å². The van der Waals surface area contributed by atoms with Crippen molar-refractivity contribution in [3.63, 3.8) is 0 Å². The normalized spacial score (nSPS) is 43.3. The number of aliphatic carboxylic acids is 1. The van der Waals surface area contributed by atoms with Gasteiger partial charge in [-0.05, 0) is 131 Å². The number of hydrogen-bond donors (Lipinski definition) is 1. The average Bonchev–Trinajstić information content (AvgIpc) is 3.75. The summed E-state index contributed by atoms with van der Waals surface area (Å²) in [5.74, 6) is -2.49. The smallest absolute Gasteiger partial charge is 0.481 e. The molecule has 0 aromatic carbocycles. The van der Waals surface area contributed by atoms with Crippen molar-refractivity contribution in [3.8, 4) is 0 Å². The maximum Gasteiger partial charge on any atom is 0.519 e. The number of methoxy groups -OCH3 is 1. The molecule has 1 aromatic rings. The zero-order valence-corrected chi connectivity index (χ0v) is 33.8. The fraction of sp³-hybridized carbons (Fsp3) is 0.791. The number of carboxylic acids is 1. The number of nitrogens with zero attached hydrogens (tertiary/aromatic N) is 1. The standard InChI is InChI=1S/C43H61NO10/c1-24(2)32-29(53-37(50)54-32)23-52-36(49)43(8)30-12-15-42(7)33(40(30,5)14-13-31(43)44-20-10-11-27(44)34(46)51-9)28(45)21-25-26-22-39(4,35(47)48)17-16-38(26,3)18-19-41(25,42)6/h21,24,26-27,30-31,33H,10-20,22-23H2,1-9H3,(H,47,48)/t26-,27+,30+,31-,33+,38+,39-,40-,41+,42+,43-/m0/s1. The van der Waals surface area contributed by atoms with Crippen LogP contribution in [0.15, 0.2) is 25.3 Å². The minimum absolute atomic E-state index is 0.0125. The van der Waals surface area contributed by atoms with E-state index in [4.69, 9.17) is 18.3 Å². The Bertz CT molecular complexity index is 1820. The van der Waals surface area contributed by atoms with Gasteiger partial charge < -0.3 is 23.4 Å². The highest BCUT2D eigenvalue weighted by molar-refractivity contribution is 5.96. The van der Waals surface area contributed by atoms with Crippen LogP contribution < -0.4 is 5.82 Å². The van der Waals surface area contributed by atoms with Gasteiger partial charge in [-0.15, -0.1) is 0 Å². The molecule has 4 saturated carbocycles. The number of rotatable bonds is 7. The molecule has 0 bridgehead atoms. The molecule has 11 atom stereocenters. The van der Waals surface area contributed by atoms with Crippen LogP contribution in [0, 0.1) is 50.2 Å². The monoisotopic (exact) mass is 751 g/mol. The number of ether oxygens (including phenoxy) is 2. The van der Waals surface area contributed by atoms with E-state index in [0.717, 1.165) is 37.7 Å². The number of likely N-dealkylation sites (tertiary alicyclic amines) is 1. The summed E-state index contributed by atoms with van der Waals surface area (Å²) in [6.45, 7) is 17.1. The van der Waals surface area contributed by atoms with Gasteiger partial charge >= 0.3 is 23.7 Å². The van der Waals surface area contributed by atoms with Crippen molar-refractivity contribution in [2.45, 2.75) is 151 Å². The Hall–Kier alpha value is -3.21. The quantitative estimate of drug-likeness (QED) is 0.277. The van der Waals surface area contributed by atoms with Crippen molar-refractivity contribution in [1.29, 1.82) is 0 Å². The fourth-order valence-electron chi connectivity index (χ4n) is 13.5. The van der Waals surface area contributed by atoms with Gasteiger partial charge in [-0.25, -0.2) is 4.79 Å². The molecular weight excluding hydrogens is 690 g/mol. The predicted octanol–water partition coefficient (Wildman–Crippen LogP) is 7.45. The molecule has 0 radical (unpaired) electrons. The van der Waals surface area contributed by atoms with Gasteiger partial charge in [0.15, 0.2) is 23.9 Å². The molecule has 54 heavy (non-hydrogen) atoms. The van der Waals surface area contributed by atoms with Crippen molar-refractivity contribution < 1.29 is 42.6 Å². The maximum absolute atomic E-state index is 15.0. The fourth-order valence-corrected chi connectivity index (χ4v) is 13.5. The summed E-state index contributed by atoms with van der Waals surface area (Å²) in [6, 6.07) is -0.819. The first-order valence-corrected chi connectivity index (χ1v) is 20.3. The molecule has 0 spiro atoms. The zero-order valence-electron chi connectivity index (χ0n) is 33.8. The van der Waals surface area contributed by atoms with Crippen molar-refractivity contribution in [2.75, 3.05) is 13.7 Å². The van der Waals surface area contributed by atoms with Crippen molar-refractivity contribution in [1.82, 2.24) is 4.90 Å². The zero-order chi connectivity index (χ0) is 39.4. The molecule has 1 aliphatic heterocycles. The van der Waals surface area contributed by atoms with Crippen LogP contribution in [-0.2, 0) is 35.3 Å². The van der Waals surface area contributed by atoms with E-state index in [9.17, 15) is 24.3 Å². The maximum atomic E-state index is 15.0. The minimum Gasteiger partial charge on any atom is -0.481 e. The highest BCUT2D eigenvalue weighted by Crippen LogP contribution is 2.75. The molecule has 1 aromatic heterocycles. The lowest BCUT2D eigenvalue weighted by Gasteiger charge is -2.70. The van der Waals surface area contributed by atoms with Gasteiger partial charge in [-0.3, -0.25) is 24.1 Å². The second-order valence-corrected chi connectivity index (χ2v) is 19.8. The first-order chi connectivity index (χ1) is 25.2. The molecule has 2 heterocycles. The lowest BCUT2D eigenvalue weighted by molar-refractivity contribution is -0.213. The predicted molar refractivity (Wildman–Crippen MR) is 198 cm³/mol. The van der Waals surface area contributed by atoms with Crippen LogP contribution in [0.4, 0.5) is 0 Å². The van der Waals surface area contributed by atoms with Crippen LogP contribution in [0.2, 0.25) is 0 Å². The molecule has 1 N–H and O–H groups in total. The Kier molecular flexibility index (Phi) is 9.34. The lowest BCUT2D eigenvalue weighted by Crippen LogP contribution is -2.70. The number of ketones is 1. The second-order valence-electron chi connectivity index (χ2n) is 19.8. The van der Waals surface area contributed by atoms with Crippen LogP contribution in [-0.4, -0.2) is 59.4 Å². The van der Waals surface area contributed by atoms with Gasteiger partial charge in [0.05, 0.1) is 17.9 Å². The van der Waals surface area contributed by atoms with E-state index in [1.165, 1.54) is 7.11 Å². The van der Waals surface area contributed by atoms with E-state index in [2.05, 4.69) is 32.6 Å². The molecule has 5 aliphatic carbocycles. The summed E-state index contributed by atoms with van der Waals surface area (Å²) in [5.41, 5.74) is -2.16. The number of carboxylic acid groups (broad SMARTS) is 1.